The molecule has 0 aliphatic rings. The van der Waals surface area contributed by atoms with Gasteiger partial charge in [-0.05, 0) is 17.5 Å². The number of pyridine rings is 1. The fourth-order valence-electron chi connectivity index (χ4n) is 2.82. The molecule has 3 heterocycles. The molecule has 8 heteroatoms. The Morgan fingerprint density at radius 1 is 1.20 bits per heavy atom. The Morgan fingerprint density at radius 2 is 1.96 bits per heavy atom. The Morgan fingerprint density at radius 3 is 2.64 bits per heavy atom. The van der Waals surface area contributed by atoms with E-state index in [4.69, 9.17) is 17.2 Å². The third kappa shape index (κ3) is 2.21. The third-order valence-corrected chi connectivity index (χ3v) is 6.16. The van der Waals surface area contributed by atoms with Gasteiger partial charge in [-0.3, -0.25) is 4.79 Å². The molecule has 4 rings (SSSR count). The fourth-order valence-corrected chi connectivity index (χ4v) is 4.90. The van der Waals surface area contributed by atoms with Crippen molar-refractivity contribution < 1.29 is 4.79 Å². The molecule has 0 aliphatic carbocycles. The molecule has 25 heavy (non-hydrogen) atoms. The van der Waals surface area contributed by atoms with Crippen LogP contribution in [0.25, 0.3) is 30.7 Å². The molecule has 0 bridgehead atoms. The number of rotatable bonds is 2. The summed E-state index contributed by atoms with van der Waals surface area (Å²) >= 11 is 2.61. The first kappa shape index (κ1) is 15.4. The molecule has 0 aliphatic heterocycles. The molecule has 0 unspecified atom stereocenters. The number of nitrogens with zero attached hydrogens (tertiary/aromatic N) is 2. The molecule has 0 atom stereocenters. The Hall–Kier alpha value is -3.15. The van der Waals surface area contributed by atoms with Crippen LogP contribution in [0.2, 0.25) is 0 Å². The Labute approximate surface area is 150 Å². The van der Waals surface area contributed by atoms with Gasteiger partial charge in [-0.2, -0.15) is 5.26 Å². The van der Waals surface area contributed by atoms with Gasteiger partial charge in [-0.1, -0.05) is 18.2 Å². The summed E-state index contributed by atoms with van der Waals surface area (Å²) < 4.78 is 1.08. The van der Waals surface area contributed by atoms with Crippen molar-refractivity contribution >= 4 is 60.4 Å². The maximum atomic E-state index is 11.7. The molecule has 1 amide bonds. The smallest absolute Gasteiger partial charge is 0.260 e. The number of nitrogens with two attached hydrogens (primary N) is 3. The Balaban J connectivity index is 2.17. The number of benzene rings is 1. The van der Waals surface area contributed by atoms with Crippen LogP contribution >= 0.6 is 22.7 Å². The van der Waals surface area contributed by atoms with Crippen molar-refractivity contribution in [3.63, 3.8) is 0 Å². The van der Waals surface area contributed by atoms with Gasteiger partial charge in [-0.25, -0.2) is 4.98 Å². The lowest BCUT2D eigenvalue weighted by Gasteiger charge is -2.07. The number of aromatic nitrogens is 1. The van der Waals surface area contributed by atoms with Crippen LogP contribution in [0.1, 0.15) is 15.2 Å². The molecule has 122 valence electrons. The summed E-state index contributed by atoms with van der Waals surface area (Å²) in [5, 5.41) is 11.2. The number of nitriles is 1. The fraction of sp³-hybridized carbons (Fsp3) is 0. The van der Waals surface area contributed by atoms with E-state index in [1.54, 1.807) is 0 Å². The predicted molar refractivity (Wildman–Crippen MR) is 102 cm³/mol. The second-order valence-electron chi connectivity index (χ2n) is 5.40. The summed E-state index contributed by atoms with van der Waals surface area (Å²) in [7, 11) is 0. The minimum Gasteiger partial charge on any atom is -0.397 e. The Kier molecular flexibility index (Phi) is 3.35. The van der Waals surface area contributed by atoms with Crippen LogP contribution < -0.4 is 17.2 Å². The SMILES string of the molecule is N#Cc1c(N)nc2sc(C(N)=O)c(N)c2c1-c1cc2ccccc2s1. The highest BCUT2D eigenvalue weighted by Gasteiger charge is 2.24. The summed E-state index contributed by atoms with van der Waals surface area (Å²) in [5.74, 6) is -0.514. The van der Waals surface area contributed by atoms with E-state index in [0.29, 0.717) is 15.8 Å². The van der Waals surface area contributed by atoms with Gasteiger partial charge in [0, 0.05) is 20.5 Å². The second-order valence-corrected chi connectivity index (χ2v) is 7.48. The molecular formula is C17H11N5OS2. The van der Waals surface area contributed by atoms with Crippen molar-refractivity contribution in [1.82, 2.24) is 4.98 Å². The summed E-state index contributed by atoms with van der Waals surface area (Å²) in [6.07, 6.45) is 0. The molecule has 0 saturated carbocycles. The number of amides is 1. The average molecular weight is 365 g/mol. The second kappa shape index (κ2) is 5.44. The summed E-state index contributed by atoms with van der Waals surface area (Å²) in [6, 6.07) is 12.0. The van der Waals surface area contributed by atoms with Crippen LogP contribution in [0.15, 0.2) is 30.3 Å². The summed E-state index contributed by atoms with van der Waals surface area (Å²) in [5.41, 5.74) is 18.7. The minimum absolute atomic E-state index is 0.111. The number of fused-ring (bicyclic) bond motifs is 2. The zero-order valence-corrected chi connectivity index (χ0v) is 14.4. The quantitative estimate of drug-likeness (QED) is 0.501. The van der Waals surface area contributed by atoms with Gasteiger partial charge in [0.25, 0.3) is 5.91 Å². The highest BCUT2D eigenvalue weighted by molar-refractivity contribution is 7.23. The normalized spacial score (nSPS) is 11.0. The third-order valence-electron chi connectivity index (χ3n) is 3.91. The average Bonchev–Trinajstić information content (AvgIpc) is 3.15. The first-order chi connectivity index (χ1) is 12.0. The van der Waals surface area contributed by atoms with E-state index in [0.717, 1.165) is 26.3 Å². The molecule has 0 radical (unpaired) electrons. The molecule has 6 N–H and O–H groups in total. The van der Waals surface area contributed by atoms with Gasteiger partial charge in [0.1, 0.15) is 27.2 Å². The monoisotopic (exact) mass is 365 g/mol. The van der Waals surface area contributed by atoms with E-state index in [9.17, 15) is 10.1 Å². The van der Waals surface area contributed by atoms with E-state index < -0.39 is 5.91 Å². The molecule has 4 aromatic rings. The van der Waals surface area contributed by atoms with Crippen molar-refractivity contribution in [2.45, 2.75) is 0 Å². The van der Waals surface area contributed by atoms with Crippen LogP contribution in [0, 0.1) is 11.3 Å². The van der Waals surface area contributed by atoms with E-state index >= 15 is 0 Å². The molecule has 1 aromatic carbocycles. The molecule has 0 spiro atoms. The lowest BCUT2D eigenvalue weighted by molar-refractivity contribution is 0.100. The topological polar surface area (TPSA) is 132 Å². The number of thiophene rings is 2. The van der Waals surface area contributed by atoms with Crippen LogP contribution in [-0.2, 0) is 0 Å². The first-order valence-corrected chi connectivity index (χ1v) is 8.85. The highest BCUT2D eigenvalue weighted by Crippen LogP contribution is 2.45. The maximum Gasteiger partial charge on any atom is 0.260 e. The standard InChI is InChI=1S/C17H11N5OS2/c18-6-8-11(10-5-7-3-1-2-4-9(7)24-10)12-13(19)14(16(21)23)25-17(12)22-15(8)20/h1-5H,19H2,(H2,20,22)(H2,21,23). The largest absolute Gasteiger partial charge is 0.397 e. The van der Waals surface area contributed by atoms with Gasteiger partial charge >= 0.3 is 0 Å². The van der Waals surface area contributed by atoms with E-state index in [-0.39, 0.29) is 21.9 Å². The van der Waals surface area contributed by atoms with Gasteiger partial charge < -0.3 is 17.2 Å². The number of nitrogen functional groups attached to an aromatic ring is 2. The van der Waals surface area contributed by atoms with Crippen molar-refractivity contribution in [3.05, 3.63) is 40.8 Å². The van der Waals surface area contributed by atoms with Gasteiger partial charge in [0.15, 0.2) is 0 Å². The maximum absolute atomic E-state index is 11.7. The lowest BCUT2D eigenvalue weighted by atomic mass is 10.0. The van der Waals surface area contributed by atoms with Gasteiger partial charge in [-0.15, -0.1) is 22.7 Å². The van der Waals surface area contributed by atoms with E-state index in [1.807, 2.05) is 30.3 Å². The number of primary amides is 1. The first-order valence-electron chi connectivity index (χ1n) is 7.21. The van der Waals surface area contributed by atoms with Crippen LogP contribution in [0.5, 0.6) is 0 Å². The van der Waals surface area contributed by atoms with Crippen LogP contribution in [-0.4, -0.2) is 10.9 Å². The molecule has 0 saturated heterocycles. The van der Waals surface area contributed by atoms with Crippen molar-refractivity contribution in [1.29, 1.82) is 5.26 Å². The predicted octanol–water partition coefficient (Wildman–Crippen LogP) is 3.31. The summed E-state index contributed by atoms with van der Waals surface area (Å²) in [4.78, 5) is 17.5. The minimum atomic E-state index is -0.625. The van der Waals surface area contributed by atoms with Gasteiger partial charge in [0.05, 0.1) is 5.69 Å². The molecule has 6 nitrogen and oxygen atoms in total. The zero-order chi connectivity index (χ0) is 17.7. The van der Waals surface area contributed by atoms with E-state index in [2.05, 4.69) is 11.1 Å². The molecule has 3 aromatic heterocycles. The molecule has 0 fully saturated rings. The van der Waals surface area contributed by atoms with Crippen LogP contribution in [0.3, 0.4) is 0 Å². The van der Waals surface area contributed by atoms with Crippen molar-refractivity contribution in [3.8, 4) is 16.5 Å². The lowest BCUT2D eigenvalue weighted by Crippen LogP contribution is -2.10. The Bertz CT molecular complexity index is 1180. The number of hydrogen-bond donors (Lipinski definition) is 3. The highest BCUT2D eigenvalue weighted by atomic mass is 32.1. The zero-order valence-electron chi connectivity index (χ0n) is 12.7. The molecular weight excluding hydrogens is 354 g/mol. The van der Waals surface area contributed by atoms with E-state index in [1.165, 1.54) is 11.3 Å². The summed E-state index contributed by atoms with van der Waals surface area (Å²) in [6.45, 7) is 0. The van der Waals surface area contributed by atoms with Gasteiger partial charge in [0.2, 0.25) is 0 Å². The number of anilines is 2. The van der Waals surface area contributed by atoms with Crippen molar-refractivity contribution in [2.24, 2.45) is 5.73 Å². The number of carbonyl (C=O) groups excluding carboxylic acids is 1. The number of hydrogen-bond acceptors (Lipinski definition) is 7. The number of carbonyl (C=O) groups is 1. The van der Waals surface area contributed by atoms with Crippen LogP contribution in [0.4, 0.5) is 11.5 Å². The van der Waals surface area contributed by atoms with Crippen molar-refractivity contribution in [2.75, 3.05) is 11.5 Å².